The quantitative estimate of drug-likeness (QED) is 0.0203. The third-order valence-electron chi connectivity index (χ3n) is 9.55. The molecule has 0 aliphatic heterocycles. The zero-order valence-corrected chi connectivity index (χ0v) is 36.4. The second-order valence-corrected chi connectivity index (χ2v) is 15.0. The predicted octanol–water partition coefficient (Wildman–Crippen LogP) is 14.7. The average Bonchev–Trinajstić information content (AvgIpc) is 3.19. The van der Waals surface area contributed by atoms with Crippen LogP contribution < -0.4 is 0 Å². The maximum absolute atomic E-state index is 12.7. The molecule has 6 nitrogen and oxygen atoms in total. The van der Waals surface area contributed by atoms with Gasteiger partial charge in [0.25, 0.3) is 0 Å². The monoisotopic (exact) mass is 781 g/mol. The van der Waals surface area contributed by atoms with E-state index in [2.05, 4.69) is 75.5 Å². The fourth-order valence-electron chi connectivity index (χ4n) is 6.15. The van der Waals surface area contributed by atoms with Gasteiger partial charge in [0.15, 0.2) is 6.10 Å². The molecule has 0 fully saturated rings. The molecule has 56 heavy (non-hydrogen) atoms. The number of carbonyl (C=O) groups excluding carboxylic acids is 3. The first-order valence-corrected chi connectivity index (χ1v) is 23.0. The van der Waals surface area contributed by atoms with Crippen LogP contribution in [-0.2, 0) is 28.6 Å². The van der Waals surface area contributed by atoms with Crippen molar-refractivity contribution in [3.8, 4) is 0 Å². The highest BCUT2D eigenvalue weighted by molar-refractivity contribution is 5.72. The normalized spacial score (nSPS) is 12.7. The van der Waals surface area contributed by atoms with Crippen molar-refractivity contribution in [3.05, 3.63) is 72.9 Å². The van der Waals surface area contributed by atoms with Crippen molar-refractivity contribution in [2.75, 3.05) is 13.2 Å². The smallest absolute Gasteiger partial charge is 0.309 e. The Morgan fingerprint density at radius 3 is 1.38 bits per heavy atom. The number of ether oxygens (including phenoxy) is 3. The Balaban J connectivity index is 4.41. The van der Waals surface area contributed by atoms with Gasteiger partial charge in [-0.1, -0.05) is 209 Å². The molecule has 0 amide bonds. The van der Waals surface area contributed by atoms with Crippen LogP contribution in [0.15, 0.2) is 72.9 Å². The minimum absolute atomic E-state index is 0.110. The maximum Gasteiger partial charge on any atom is 0.309 e. The molecular formula is C50H84O6. The molecule has 0 aliphatic carbocycles. The predicted molar refractivity (Wildman–Crippen MR) is 238 cm³/mol. The minimum Gasteiger partial charge on any atom is -0.462 e. The first-order chi connectivity index (χ1) is 27.5. The van der Waals surface area contributed by atoms with Crippen LogP contribution in [0.25, 0.3) is 0 Å². The van der Waals surface area contributed by atoms with Gasteiger partial charge in [-0.05, 0) is 51.4 Å². The van der Waals surface area contributed by atoms with Gasteiger partial charge < -0.3 is 14.2 Å². The highest BCUT2D eigenvalue weighted by Gasteiger charge is 2.19. The van der Waals surface area contributed by atoms with Crippen LogP contribution in [-0.4, -0.2) is 37.2 Å². The van der Waals surface area contributed by atoms with Crippen LogP contribution in [0.2, 0.25) is 0 Å². The van der Waals surface area contributed by atoms with Crippen molar-refractivity contribution in [1.82, 2.24) is 0 Å². The molecule has 0 aromatic carbocycles. The molecule has 6 heteroatoms. The first-order valence-electron chi connectivity index (χ1n) is 23.0. The molecule has 0 aromatic heterocycles. The van der Waals surface area contributed by atoms with Gasteiger partial charge in [-0.2, -0.15) is 0 Å². The van der Waals surface area contributed by atoms with E-state index in [1.165, 1.54) is 83.5 Å². The number of esters is 3. The van der Waals surface area contributed by atoms with Crippen LogP contribution in [0.5, 0.6) is 0 Å². The Labute approximate surface area is 344 Å². The molecular weight excluding hydrogens is 697 g/mol. The second-order valence-electron chi connectivity index (χ2n) is 15.0. The van der Waals surface area contributed by atoms with Crippen LogP contribution in [0, 0.1) is 0 Å². The number of unbranched alkanes of at least 4 members (excludes halogenated alkanes) is 20. The van der Waals surface area contributed by atoms with E-state index in [0.29, 0.717) is 6.42 Å². The summed E-state index contributed by atoms with van der Waals surface area (Å²) in [5, 5.41) is 0. The average molecular weight is 781 g/mol. The molecule has 0 heterocycles. The Kier molecular flexibility index (Phi) is 42.1. The third kappa shape index (κ3) is 42.0. The molecule has 0 saturated heterocycles. The van der Waals surface area contributed by atoms with E-state index in [1.54, 1.807) is 6.08 Å². The lowest BCUT2D eigenvalue weighted by Crippen LogP contribution is -2.30. The standard InChI is InChI=1S/C50H84O6/c1-4-7-10-13-16-19-21-23-24-25-27-28-31-34-37-40-43-49(52)55-46-47(45-54-48(51)42-39-36-33-30-18-15-12-9-6-3)56-50(53)44-41-38-35-32-29-26-22-20-17-14-11-8-5-2/h8-9,11-12,14,17-18,20,22,30,36,39,47H,4-7,10,13,15-16,19,21,23-29,31-35,37-38,40-46H2,1-3H3/b11-8-,12-9-,17-14-,22-20-,30-18-,39-36-. The molecule has 0 aliphatic rings. The van der Waals surface area contributed by atoms with Crippen molar-refractivity contribution < 1.29 is 28.6 Å². The largest absolute Gasteiger partial charge is 0.462 e. The third-order valence-corrected chi connectivity index (χ3v) is 9.55. The van der Waals surface area contributed by atoms with Gasteiger partial charge in [0.1, 0.15) is 13.2 Å². The van der Waals surface area contributed by atoms with Gasteiger partial charge >= 0.3 is 17.9 Å². The lowest BCUT2D eigenvalue weighted by molar-refractivity contribution is -0.166. The topological polar surface area (TPSA) is 78.9 Å². The van der Waals surface area contributed by atoms with Crippen LogP contribution in [0.3, 0.4) is 0 Å². The van der Waals surface area contributed by atoms with Crippen LogP contribution in [0.1, 0.15) is 207 Å². The summed E-state index contributed by atoms with van der Waals surface area (Å²) < 4.78 is 16.6. The minimum atomic E-state index is -0.817. The van der Waals surface area contributed by atoms with Gasteiger partial charge in [0, 0.05) is 12.8 Å². The highest BCUT2D eigenvalue weighted by atomic mass is 16.6. The summed E-state index contributed by atoms with van der Waals surface area (Å²) >= 11 is 0. The molecule has 1 unspecified atom stereocenters. The molecule has 0 aromatic rings. The Morgan fingerprint density at radius 1 is 0.411 bits per heavy atom. The summed E-state index contributed by atoms with van der Waals surface area (Å²) in [7, 11) is 0. The van der Waals surface area contributed by atoms with E-state index in [0.717, 1.165) is 83.5 Å². The molecule has 0 saturated carbocycles. The van der Waals surface area contributed by atoms with Crippen LogP contribution >= 0.6 is 0 Å². The van der Waals surface area contributed by atoms with Crippen molar-refractivity contribution >= 4 is 17.9 Å². The SMILES string of the molecule is CC\C=C/C=C\C=C/CCCCCCCC(=O)OC(COC(=O)C/C=C\C/C=C\C/C=C\CC)COC(=O)CCCCCCCCCCCCCCCCCC. The number of rotatable bonds is 40. The zero-order valence-electron chi connectivity index (χ0n) is 36.4. The molecule has 0 spiro atoms. The Hall–Kier alpha value is -3.15. The number of hydrogen-bond donors (Lipinski definition) is 0. The fourth-order valence-corrected chi connectivity index (χ4v) is 6.15. The Morgan fingerprint density at radius 2 is 0.839 bits per heavy atom. The Bertz CT molecular complexity index is 1080. The van der Waals surface area contributed by atoms with Gasteiger partial charge in [0.2, 0.25) is 0 Å². The van der Waals surface area contributed by atoms with Gasteiger partial charge in [-0.25, -0.2) is 0 Å². The zero-order chi connectivity index (χ0) is 40.8. The summed E-state index contributed by atoms with van der Waals surface area (Å²) in [4.78, 5) is 37.6. The van der Waals surface area contributed by atoms with E-state index in [9.17, 15) is 14.4 Å². The van der Waals surface area contributed by atoms with E-state index >= 15 is 0 Å². The lowest BCUT2D eigenvalue weighted by atomic mass is 10.0. The fraction of sp³-hybridized carbons (Fsp3) is 0.700. The van der Waals surface area contributed by atoms with E-state index in [1.807, 2.05) is 12.2 Å². The lowest BCUT2D eigenvalue weighted by Gasteiger charge is -2.18. The van der Waals surface area contributed by atoms with Crippen molar-refractivity contribution in [2.45, 2.75) is 213 Å². The van der Waals surface area contributed by atoms with Crippen molar-refractivity contribution in [2.24, 2.45) is 0 Å². The molecule has 320 valence electrons. The summed E-state index contributed by atoms with van der Waals surface area (Å²) in [6.07, 6.45) is 54.9. The van der Waals surface area contributed by atoms with Crippen LogP contribution in [0.4, 0.5) is 0 Å². The maximum atomic E-state index is 12.7. The molecule has 0 bridgehead atoms. The number of allylic oxidation sites excluding steroid dienone is 11. The number of hydrogen-bond acceptors (Lipinski definition) is 6. The molecule has 1 atom stereocenters. The van der Waals surface area contributed by atoms with Crippen molar-refractivity contribution in [1.29, 1.82) is 0 Å². The first kappa shape index (κ1) is 52.9. The number of carbonyl (C=O) groups is 3. The molecule has 0 rings (SSSR count). The molecule has 0 N–H and O–H groups in total. The van der Waals surface area contributed by atoms with Gasteiger partial charge in [-0.15, -0.1) is 0 Å². The molecule has 0 radical (unpaired) electrons. The van der Waals surface area contributed by atoms with E-state index in [4.69, 9.17) is 14.2 Å². The van der Waals surface area contributed by atoms with Crippen molar-refractivity contribution in [3.63, 3.8) is 0 Å². The summed E-state index contributed by atoms with van der Waals surface area (Å²) in [6.45, 7) is 6.26. The van der Waals surface area contributed by atoms with E-state index < -0.39 is 12.1 Å². The summed E-state index contributed by atoms with van der Waals surface area (Å²) in [6, 6.07) is 0. The van der Waals surface area contributed by atoms with Gasteiger partial charge in [0.05, 0.1) is 6.42 Å². The summed E-state index contributed by atoms with van der Waals surface area (Å²) in [5.74, 6) is -1.06. The van der Waals surface area contributed by atoms with Gasteiger partial charge in [-0.3, -0.25) is 14.4 Å². The second kappa shape index (κ2) is 44.6. The van der Waals surface area contributed by atoms with E-state index in [-0.39, 0.29) is 38.0 Å². The highest BCUT2D eigenvalue weighted by Crippen LogP contribution is 2.15. The summed E-state index contributed by atoms with van der Waals surface area (Å²) in [5.41, 5.74) is 0.